The molecule has 0 aromatic heterocycles. The van der Waals surface area contributed by atoms with Crippen molar-refractivity contribution in [3.8, 4) is 11.5 Å². The lowest BCUT2D eigenvalue weighted by molar-refractivity contribution is -0.140. The zero-order valence-corrected chi connectivity index (χ0v) is 15.1. The number of amides is 4. The minimum absolute atomic E-state index is 0.245. The maximum atomic E-state index is 11.9. The molecule has 0 bridgehead atoms. The Bertz CT molecular complexity index is 791. The number of nitrogens with one attached hydrogen (secondary N) is 4. The second-order valence-electron chi connectivity index (χ2n) is 5.27. The number of carbonyl (C=O) groups is 4. The van der Waals surface area contributed by atoms with Gasteiger partial charge in [0.25, 0.3) is 11.8 Å². The van der Waals surface area contributed by atoms with Crippen molar-refractivity contribution in [1.82, 2.24) is 21.7 Å². The molecule has 0 aliphatic carbocycles. The summed E-state index contributed by atoms with van der Waals surface area (Å²) in [6.45, 7) is 0. The van der Waals surface area contributed by atoms with E-state index in [0.717, 1.165) is 0 Å². The average Bonchev–Trinajstić information content (AvgIpc) is 2.75. The zero-order valence-electron chi connectivity index (χ0n) is 15.1. The molecule has 0 unspecified atom stereocenters. The topological polar surface area (TPSA) is 135 Å². The summed E-state index contributed by atoms with van der Waals surface area (Å²) in [7, 11) is 2.97. The van der Waals surface area contributed by atoms with Gasteiger partial charge in [0, 0.05) is 11.1 Å². The molecule has 10 nitrogen and oxygen atoms in total. The van der Waals surface area contributed by atoms with Gasteiger partial charge in [-0.3, -0.25) is 40.9 Å². The molecule has 0 radical (unpaired) electrons. The SMILES string of the molecule is COc1ccc(C(=O)NNC(=O)C(=O)NNC(=O)c2ccc(OC)cc2)cc1. The number of hydrogen-bond acceptors (Lipinski definition) is 6. The van der Waals surface area contributed by atoms with E-state index in [0.29, 0.717) is 11.5 Å². The lowest BCUT2D eigenvalue weighted by atomic mass is 10.2. The van der Waals surface area contributed by atoms with Crippen molar-refractivity contribution in [2.24, 2.45) is 0 Å². The van der Waals surface area contributed by atoms with Gasteiger partial charge in [0.1, 0.15) is 11.5 Å². The summed E-state index contributed by atoms with van der Waals surface area (Å²) in [6, 6.07) is 12.2. The first-order valence-corrected chi connectivity index (χ1v) is 7.93. The normalized spacial score (nSPS) is 9.64. The third-order valence-corrected chi connectivity index (χ3v) is 3.49. The predicted octanol–water partition coefficient (Wildman–Crippen LogP) is -0.0740. The number of rotatable bonds is 4. The molecular formula is C18H18N4O6. The average molecular weight is 386 g/mol. The van der Waals surface area contributed by atoms with E-state index in [1.807, 2.05) is 10.9 Å². The third-order valence-electron chi connectivity index (χ3n) is 3.49. The molecule has 0 atom stereocenters. The van der Waals surface area contributed by atoms with Crippen molar-refractivity contribution in [2.45, 2.75) is 0 Å². The second kappa shape index (κ2) is 9.57. The van der Waals surface area contributed by atoms with E-state index in [9.17, 15) is 19.2 Å². The quantitative estimate of drug-likeness (QED) is 0.429. The Morgan fingerprint density at radius 3 is 1.18 bits per heavy atom. The van der Waals surface area contributed by atoms with Crippen LogP contribution in [0, 0.1) is 0 Å². The van der Waals surface area contributed by atoms with Gasteiger partial charge < -0.3 is 9.47 Å². The van der Waals surface area contributed by atoms with E-state index in [4.69, 9.17) is 9.47 Å². The van der Waals surface area contributed by atoms with Crippen LogP contribution in [0.2, 0.25) is 0 Å². The lowest BCUT2D eigenvalue weighted by Crippen LogP contribution is -2.52. The van der Waals surface area contributed by atoms with Crippen LogP contribution in [0.1, 0.15) is 20.7 Å². The van der Waals surface area contributed by atoms with Crippen molar-refractivity contribution in [3.63, 3.8) is 0 Å². The number of hydrazine groups is 2. The molecule has 2 aromatic rings. The van der Waals surface area contributed by atoms with Crippen LogP contribution in [0.25, 0.3) is 0 Å². The van der Waals surface area contributed by atoms with Gasteiger partial charge in [-0.05, 0) is 48.5 Å². The van der Waals surface area contributed by atoms with Gasteiger partial charge >= 0.3 is 11.8 Å². The maximum absolute atomic E-state index is 11.9. The minimum atomic E-state index is -1.17. The minimum Gasteiger partial charge on any atom is -0.497 e. The molecule has 4 amide bonds. The van der Waals surface area contributed by atoms with Crippen molar-refractivity contribution in [3.05, 3.63) is 59.7 Å². The Morgan fingerprint density at radius 1 is 0.571 bits per heavy atom. The van der Waals surface area contributed by atoms with Gasteiger partial charge in [0.05, 0.1) is 14.2 Å². The second-order valence-corrected chi connectivity index (χ2v) is 5.27. The number of benzene rings is 2. The van der Waals surface area contributed by atoms with Gasteiger partial charge in [0.2, 0.25) is 0 Å². The highest BCUT2D eigenvalue weighted by molar-refractivity contribution is 6.35. The highest BCUT2D eigenvalue weighted by atomic mass is 16.5. The summed E-state index contributed by atoms with van der Waals surface area (Å²) in [6.07, 6.45) is 0. The molecule has 0 aliphatic heterocycles. The molecule has 10 heteroatoms. The Labute approximate surface area is 160 Å². The fraction of sp³-hybridized carbons (Fsp3) is 0.111. The Morgan fingerprint density at radius 2 is 0.893 bits per heavy atom. The van der Waals surface area contributed by atoms with E-state index in [1.54, 1.807) is 24.3 Å². The number of ether oxygens (including phenoxy) is 2. The van der Waals surface area contributed by atoms with Crippen molar-refractivity contribution in [2.75, 3.05) is 14.2 Å². The summed E-state index contributed by atoms with van der Waals surface area (Å²) >= 11 is 0. The summed E-state index contributed by atoms with van der Waals surface area (Å²) in [5.74, 6) is -2.48. The molecule has 2 rings (SSSR count). The first-order chi connectivity index (χ1) is 13.4. The fourth-order valence-electron chi connectivity index (χ4n) is 1.97. The zero-order chi connectivity index (χ0) is 20.5. The van der Waals surface area contributed by atoms with Crippen LogP contribution in [0.3, 0.4) is 0 Å². The summed E-state index contributed by atoms with van der Waals surface area (Å²) in [4.78, 5) is 47.2. The molecule has 0 saturated carbocycles. The highest BCUT2D eigenvalue weighted by Crippen LogP contribution is 2.11. The first kappa shape index (κ1) is 20.2. The Balaban J connectivity index is 1.79. The Hall–Kier alpha value is -4.08. The van der Waals surface area contributed by atoms with Crippen LogP contribution in [-0.4, -0.2) is 37.8 Å². The van der Waals surface area contributed by atoms with Crippen LogP contribution in [0.15, 0.2) is 48.5 Å². The van der Waals surface area contributed by atoms with Crippen LogP contribution in [-0.2, 0) is 9.59 Å². The van der Waals surface area contributed by atoms with Crippen LogP contribution in [0.5, 0.6) is 11.5 Å². The van der Waals surface area contributed by atoms with E-state index in [2.05, 4.69) is 10.9 Å². The number of carbonyl (C=O) groups excluding carboxylic acids is 4. The molecule has 2 aromatic carbocycles. The Kier molecular flexibility index (Phi) is 6.92. The molecule has 28 heavy (non-hydrogen) atoms. The first-order valence-electron chi connectivity index (χ1n) is 7.93. The molecule has 146 valence electrons. The third kappa shape index (κ3) is 5.46. The number of hydrogen-bond donors (Lipinski definition) is 4. The largest absolute Gasteiger partial charge is 0.497 e. The van der Waals surface area contributed by atoms with Crippen LogP contribution < -0.4 is 31.2 Å². The van der Waals surface area contributed by atoms with Crippen molar-refractivity contribution in [1.29, 1.82) is 0 Å². The number of methoxy groups -OCH3 is 2. The highest BCUT2D eigenvalue weighted by Gasteiger charge is 2.16. The molecule has 0 spiro atoms. The van der Waals surface area contributed by atoms with Crippen LogP contribution >= 0.6 is 0 Å². The van der Waals surface area contributed by atoms with E-state index >= 15 is 0 Å². The monoisotopic (exact) mass is 386 g/mol. The smallest absolute Gasteiger partial charge is 0.329 e. The molecule has 0 fully saturated rings. The standard InChI is InChI=1S/C18H18N4O6/c1-27-13-7-3-11(4-8-13)15(23)19-21-17(25)18(26)22-20-16(24)12-5-9-14(28-2)10-6-12/h3-10H,1-2H3,(H,19,23)(H,20,24)(H,21,25)(H,22,26). The molecular weight excluding hydrogens is 368 g/mol. The van der Waals surface area contributed by atoms with E-state index in [1.165, 1.54) is 38.5 Å². The van der Waals surface area contributed by atoms with Crippen molar-refractivity contribution >= 4 is 23.6 Å². The maximum Gasteiger partial charge on any atom is 0.329 e. The summed E-state index contributed by atoms with van der Waals surface area (Å²) < 4.78 is 9.95. The molecule has 0 saturated heterocycles. The molecule has 0 aliphatic rings. The van der Waals surface area contributed by atoms with Gasteiger partial charge in [-0.15, -0.1) is 0 Å². The van der Waals surface area contributed by atoms with E-state index in [-0.39, 0.29) is 11.1 Å². The predicted molar refractivity (Wildman–Crippen MR) is 97.2 cm³/mol. The summed E-state index contributed by atoms with van der Waals surface area (Å²) in [5, 5.41) is 0. The molecule has 0 heterocycles. The van der Waals surface area contributed by atoms with Crippen LogP contribution in [0.4, 0.5) is 0 Å². The fourth-order valence-corrected chi connectivity index (χ4v) is 1.97. The van der Waals surface area contributed by atoms with Gasteiger partial charge in [-0.1, -0.05) is 0 Å². The van der Waals surface area contributed by atoms with Gasteiger partial charge in [-0.2, -0.15) is 0 Å². The van der Waals surface area contributed by atoms with Crippen molar-refractivity contribution < 1.29 is 28.7 Å². The lowest BCUT2D eigenvalue weighted by Gasteiger charge is -2.09. The summed E-state index contributed by atoms with van der Waals surface area (Å²) in [5.41, 5.74) is 8.53. The molecule has 4 N–H and O–H groups in total. The van der Waals surface area contributed by atoms with Gasteiger partial charge in [-0.25, -0.2) is 0 Å². The van der Waals surface area contributed by atoms with E-state index < -0.39 is 23.6 Å². The van der Waals surface area contributed by atoms with Gasteiger partial charge in [0.15, 0.2) is 0 Å².